The number of carbonyl (C=O) groups is 1. The molecule has 1 amide bonds. The van der Waals surface area contributed by atoms with E-state index in [1.165, 1.54) is 0 Å². The lowest BCUT2D eigenvalue weighted by Crippen LogP contribution is -2.08. The van der Waals surface area contributed by atoms with Crippen molar-refractivity contribution in [2.75, 3.05) is 12.4 Å². The van der Waals surface area contributed by atoms with Crippen molar-refractivity contribution in [1.29, 1.82) is 0 Å². The van der Waals surface area contributed by atoms with Crippen LogP contribution in [0.5, 0.6) is 5.75 Å². The second-order valence-electron chi connectivity index (χ2n) is 7.06. The van der Waals surface area contributed by atoms with E-state index < -0.39 is 0 Å². The van der Waals surface area contributed by atoms with E-state index in [0.717, 1.165) is 54.3 Å². The Hall–Kier alpha value is -3.12. The van der Waals surface area contributed by atoms with Gasteiger partial charge in [-0.3, -0.25) is 4.79 Å². The van der Waals surface area contributed by atoms with Crippen molar-refractivity contribution >= 4 is 49.7 Å². The fourth-order valence-electron chi connectivity index (χ4n) is 3.42. The first-order valence-electron chi connectivity index (χ1n) is 9.30. The number of anilines is 1. The van der Waals surface area contributed by atoms with Gasteiger partial charge in [0.2, 0.25) is 5.91 Å². The lowest BCUT2D eigenvalue weighted by molar-refractivity contribution is -0.111. The topological polar surface area (TPSA) is 64.4 Å². The Morgan fingerprint density at radius 3 is 2.76 bits per heavy atom. The molecule has 29 heavy (non-hydrogen) atoms. The number of benzene rings is 2. The predicted molar refractivity (Wildman–Crippen MR) is 119 cm³/mol. The van der Waals surface area contributed by atoms with Gasteiger partial charge in [-0.05, 0) is 63.1 Å². The van der Waals surface area contributed by atoms with Gasteiger partial charge in [0.25, 0.3) is 0 Å². The molecule has 1 N–H and O–H groups in total. The van der Waals surface area contributed by atoms with E-state index in [9.17, 15) is 4.79 Å². The van der Waals surface area contributed by atoms with Crippen molar-refractivity contribution in [3.63, 3.8) is 0 Å². The Bertz CT molecular complexity index is 1280. The Morgan fingerprint density at radius 1 is 1.21 bits per heavy atom. The minimum atomic E-state index is -0.198. The Labute approximate surface area is 173 Å². The maximum atomic E-state index is 12.6. The number of allylic oxidation sites excluding steroid dienone is 1. The molecule has 5 nitrogen and oxygen atoms in total. The Morgan fingerprint density at radius 2 is 2.00 bits per heavy atom. The molecule has 0 saturated carbocycles. The van der Waals surface area contributed by atoms with Gasteiger partial charge in [-0.15, -0.1) is 11.3 Å². The van der Waals surface area contributed by atoms with Crippen LogP contribution >= 0.6 is 11.3 Å². The van der Waals surface area contributed by atoms with Crippen molar-refractivity contribution < 1.29 is 13.9 Å². The molecule has 2 aromatic heterocycles. The van der Waals surface area contributed by atoms with Gasteiger partial charge in [-0.2, -0.15) is 0 Å². The predicted octanol–water partition coefficient (Wildman–Crippen LogP) is 6.02. The normalized spacial score (nSPS) is 12.0. The van der Waals surface area contributed by atoms with Gasteiger partial charge in [0.15, 0.2) is 0 Å². The van der Waals surface area contributed by atoms with Gasteiger partial charge in [0.05, 0.1) is 22.3 Å². The van der Waals surface area contributed by atoms with E-state index >= 15 is 0 Å². The summed E-state index contributed by atoms with van der Waals surface area (Å²) in [5.41, 5.74) is 5.16. The smallest absolute Gasteiger partial charge is 0.248 e. The summed E-state index contributed by atoms with van der Waals surface area (Å²) in [6.07, 6.45) is 1.59. The maximum Gasteiger partial charge on any atom is 0.248 e. The Kier molecular flexibility index (Phi) is 4.88. The van der Waals surface area contributed by atoms with Crippen LogP contribution in [0.25, 0.3) is 26.8 Å². The molecule has 0 atom stereocenters. The largest absolute Gasteiger partial charge is 0.496 e. The number of aryl methyl sites for hydroxylation is 3. The van der Waals surface area contributed by atoms with Crippen LogP contribution in [-0.2, 0) is 4.79 Å². The zero-order chi connectivity index (χ0) is 20.7. The zero-order valence-electron chi connectivity index (χ0n) is 17.0. The third kappa shape index (κ3) is 3.63. The molecule has 0 saturated heterocycles. The minimum absolute atomic E-state index is 0.198. The van der Waals surface area contributed by atoms with Crippen molar-refractivity contribution in [2.45, 2.75) is 27.7 Å². The molecule has 0 aliphatic heterocycles. The van der Waals surface area contributed by atoms with Crippen LogP contribution in [0.2, 0.25) is 0 Å². The van der Waals surface area contributed by atoms with E-state index in [0.29, 0.717) is 5.75 Å². The van der Waals surface area contributed by atoms with Crippen molar-refractivity contribution in [2.24, 2.45) is 0 Å². The number of hydrogen-bond donors (Lipinski definition) is 1. The number of furan rings is 1. The van der Waals surface area contributed by atoms with Crippen LogP contribution < -0.4 is 10.1 Å². The first-order valence-corrected chi connectivity index (χ1v) is 10.1. The van der Waals surface area contributed by atoms with Crippen LogP contribution in [0.3, 0.4) is 0 Å². The summed E-state index contributed by atoms with van der Waals surface area (Å²) in [4.78, 5) is 17.1. The number of hydrogen-bond acceptors (Lipinski definition) is 5. The SMILES string of the molecule is COc1cc2oc(C)c(C)c2cc1/C(C)=C/C(=O)Nc1ccc2sc(C)nc2c1. The van der Waals surface area contributed by atoms with Gasteiger partial charge in [-0.25, -0.2) is 4.98 Å². The molecule has 0 bridgehead atoms. The van der Waals surface area contributed by atoms with Crippen molar-refractivity contribution in [1.82, 2.24) is 4.98 Å². The minimum Gasteiger partial charge on any atom is -0.496 e. The average molecular weight is 407 g/mol. The number of rotatable bonds is 4. The first-order chi connectivity index (χ1) is 13.9. The molecular weight excluding hydrogens is 384 g/mol. The summed E-state index contributed by atoms with van der Waals surface area (Å²) < 4.78 is 12.4. The number of nitrogens with one attached hydrogen (secondary N) is 1. The molecule has 0 aliphatic carbocycles. The quantitative estimate of drug-likeness (QED) is 0.421. The highest BCUT2D eigenvalue weighted by Gasteiger charge is 2.14. The number of methoxy groups -OCH3 is 1. The molecule has 6 heteroatoms. The second kappa shape index (κ2) is 7.37. The highest BCUT2D eigenvalue weighted by molar-refractivity contribution is 7.18. The fraction of sp³-hybridized carbons (Fsp3) is 0.217. The van der Waals surface area contributed by atoms with Gasteiger partial charge in [0, 0.05) is 28.8 Å². The summed E-state index contributed by atoms with van der Waals surface area (Å²) in [7, 11) is 1.62. The summed E-state index contributed by atoms with van der Waals surface area (Å²) >= 11 is 1.64. The summed E-state index contributed by atoms with van der Waals surface area (Å²) in [6.45, 7) is 7.85. The number of amides is 1. The van der Waals surface area contributed by atoms with Crippen LogP contribution in [-0.4, -0.2) is 18.0 Å². The van der Waals surface area contributed by atoms with Crippen LogP contribution in [0.4, 0.5) is 5.69 Å². The van der Waals surface area contributed by atoms with Crippen LogP contribution in [0.1, 0.15) is 28.8 Å². The van der Waals surface area contributed by atoms with Crippen molar-refractivity contribution in [3.8, 4) is 5.75 Å². The second-order valence-corrected chi connectivity index (χ2v) is 8.30. The third-order valence-corrected chi connectivity index (χ3v) is 5.98. The number of thiazole rings is 1. The summed E-state index contributed by atoms with van der Waals surface area (Å²) in [6, 6.07) is 9.66. The molecule has 2 aromatic carbocycles. The molecule has 4 aromatic rings. The summed E-state index contributed by atoms with van der Waals surface area (Å²) in [5, 5.41) is 4.95. The molecule has 0 spiro atoms. The number of ether oxygens (including phenoxy) is 1. The summed E-state index contributed by atoms with van der Waals surface area (Å²) in [5.74, 6) is 1.36. The number of aromatic nitrogens is 1. The number of carbonyl (C=O) groups excluding carboxylic acids is 1. The van der Waals surface area contributed by atoms with E-state index in [2.05, 4.69) is 10.3 Å². The molecule has 0 unspecified atom stereocenters. The van der Waals surface area contributed by atoms with E-state index in [4.69, 9.17) is 9.15 Å². The van der Waals surface area contributed by atoms with Gasteiger partial charge in [0.1, 0.15) is 17.1 Å². The monoisotopic (exact) mass is 406 g/mol. The lowest BCUT2D eigenvalue weighted by atomic mass is 10.0. The zero-order valence-corrected chi connectivity index (χ0v) is 17.9. The van der Waals surface area contributed by atoms with Crippen LogP contribution in [0, 0.1) is 20.8 Å². The standard InChI is InChI=1S/C23H22N2O3S/c1-12(17-10-18-13(2)14(3)28-21(18)11-20(17)27-5)8-23(26)25-16-6-7-22-19(9-16)24-15(4)29-22/h6-11H,1-5H3,(H,25,26)/b12-8+. The molecule has 0 aliphatic rings. The molecule has 4 rings (SSSR count). The first kappa shape index (κ1) is 19.2. The molecular formula is C23H22N2O3S. The van der Waals surface area contributed by atoms with E-state index in [-0.39, 0.29) is 5.91 Å². The number of fused-ring (bicyclic) bond motifs is 2. The number of nitrogens with zero attached hydrogens (tertiary/aromatic N) is 1. The van der Waals surface area contributed by atoms with Crippen molar-refractivity contribution in [3.05, 3.63) is 58.3 Å². The average Bonchev–Trinajstić information content (AvgIpc) is 3.18. The third-order valence-electron chi connectivity index (χ3n) is 5.03. The highest BCUT2D eigenvalue weighted by atomic mass is 32.1. The van der Waals surface area contributed by atoms with Gasteiger partial charge < -0.3 is 14.5 Å². The molecule has 148 valence electrons. The maximum absolute atomic E-state index is 12.6. The molecule has 2 heterocycles. The van der Waals surface area contributed by atoms with E-state index in [1.807, 2.05) is 58.0 Å². The van der Waals surface area contributed by atoms with Gasteiger partial charge in [-0.1, -0.05) is 0 Å². The fourth-order valence-corrected chi connectivity index (χ4v) is 4.23. The Balaban J connectivity index is 1.64. The van der Waals surface area contributed by atoms with Crippen LogP contribution in [0.15, 0.2) is 40.8 Å². The molecule has 0 radical (unpaired) electrons. The highest BCUT2D eigenvalue weighted by Crippen LogP contribution is 2.34. The van der Waals surface area contributed by atoms with Gasteiger partial charge >= 0.3 is 0 Å². The lowest BCUT2D eigenvalue weighted by Gasteiger charge is -2.10. The molecule has 0 fully saturated rings. The van der Waals surface area contributed by atoms with E-state index in [1.54, 1.807) is 24.5 Å².